The van der Waals surface area contributed by atoms with Crippen molar-refractivity contribution in [1.82, 2.24) is 9.21 Å². The fraction of sp³-hybridized carbons (Fsp3) is 0.533. The highest BCUT2D eigenvalue weighted by Crippen LogP contribution is 2.26. The highest BCUT2D eigenvalue weighted by molar-refractivity contribution is 9.10. The predicted octanol–water partition coefficient (Wildman–Crippen LogP) is 2.57. The van der Waals surface area contributed by atoms with Gasteiger partial charge in [-0.15, -0.1) is 0 Å². The second kappa shape index (κ2) is 6.68. The molecule has 1 aromatic carbocycles. The van der Waals surface area contributed by atoms with Gasteiger partial charge >= 0.3 is 0 Å². The number of benzene rings is 1. The van der Waals surface area contributed by atoms with Crippen molar-refractivity contribution in [3.8, 4) is 0 Å². The van der Waals surface area contributed by atoms with Crippen molar-refractivity contribution in [3.63, 3.8) is 0 Å². The molecular formula is C15H21BrN2O3S. The third kappa shape index (κ3) is 3.52. The van der Waals surface area contributed by atoms with E-state index in [0.29, 0.717) is 16.0 Å². The highest BCUT2D eigenvalue weighted by atomic mass is 79.9. The van der Waals surface area contributed by atoms with E-state index in [1.807, 2.05) is 0 Å². The molecule has 7 heteroatoms. The molecule has 1 aliphatic rings. The molecule has 1 saturated heterocycles. The van der Waals surface area contributed by atoms with Crippen LogP contribution in [0.15, 0.2) is 27.6 Å². The van der Waals surface area contributed by atoms with Crippen LogP contribution in [0, 0.1) is 5.92 Å². The van der Waals surface area contributed by atoms with Gasteiger partial charge in [-0.1, -0.05) is 6.92 Å². The number of halogens is 1. The Bertz CT molecular complexity index is 665. The summed E-state index contributed by atoms with van der Waals surface area (Å²) in [4.78, 5) is 14.5. The lowest BCUT2D eigenvalue weighted by Gasteiger charge is -2.30. The van der Waals surface area contributed by atoms with Gasteiger partial charge in [0.1, 0.15) is 0 Å². The quantitative estimate of drug-likeness (QED) is 0.799. The van der Waals surface area contributed by atoms with Gasteiger partial charge in [0.05, 0.1) is 4.90 Å². The maximum Gasteiger partial charge on any atom is 0.253 e. The van der Waals surface area contributed by atoms with Gasteiger partial charge in [0.2, 0.25) is 10.0 Å². The van der Waals surface area contributed by atoms with Crippen LogP contribution in [0.2, 0.25) is 0 Å². The number of carbonyl (C=O) groups excluding carboxylic acids is 1. The third-order valence-electron chi connectivity index (χ3n) is 4.01. The van der Waals surface area contributed by atoms with Crippen LogP contribution in [-0.4, -0.2) is 50.7 Å². The van der Waals surface area contributed by atoms with E-state index in [9.17, 15) is 13.2 Å². The van der Waals surface area contributed by atoms with Crippen LogP contribution >= 0.6 is 15.9 Å². The molecule has 1 heterocycles. The fourth-order valence-electron chi connectivity index (χ4n) is 2.43. The van der Waals surface area contributed by atoms with Crippen molar-refractivity contribution in [1.29, 1.82) is 0 Å². The molecule has 2 rings (SSSR count). The number of likely N-dealkylation sites (tertiary alicyclic amines) is 1. The normalized spacial score (nSPS) is 17.0. The van der Waals surface area contributed by atoms with E-state index in [2.05, 4.69) is 22.9 Å². The lowest BCUT2D eigenvalue weighted by atomic mass is 9.98. The lowest BCUT2D eigenvalue weighted by Crippen LogP contribution is -2.38. The van der Waals surface area contributed by atoms with Gasteiger partial charge in [-0.3, -0.25) is 4.79 Å². The molecule has 0 bridgehead atoms. The van der Waals surface area contributed by atoms with E-state index in [-0.39, 0.29) is 10.8 Å². The van der Waals surface area contributed by atoms with E-state index in [1.54, 1.807) is 17.0 Å². The summed E-state index contributed by atoms with van der Waals surface area (Å²) in [5.41, 5.74) is 0.415. The van der Waals surface area contributed by atoms with Crippen molar-refractivity contribution in [2.45, 2.75) is 24.7 Å². The number of amides is 1. The number of rotatable bonds is 3. The molecule has 5 nitrogen and oxygen atoms in total. The maximum absolute atomic E-state index is 12.6. The van der Waals surface area contributed by atoms with E-state index < -0.39 is 10.0 Å². The van der Waals surface area contributed by atoms with Crippen molar-refractivity contribution >= 4 is 31.9 Å². The Labute approximate surface area is 140 Å². The first kappa shape index (κ1) is 17.4. The molecule has 1 aromatic rings. The zero-order chi connectivity index (χ0) is 16.5. The van der Waals surface area contributed by atoms with E-state index in [0.717, 1.165) is 30.2 Å². The summed E-state index contributed by atoms with van der Waals surface area (Å²) in [6, 6.07) is 4.75. The molecule has 0 aliphatic carbocycles. The van der Waals surface area contributed by atoms with Crippen LogP contribution in [0.4, 0.5) is 0 Å². The summed E-state index contributed by atoms with van der Waals surface area (Å²) < 4.78 is 26.2. The molecule has 0 atom stereocenters. The summed E-state index contributed by atoms with van der Waals surface area (Å²) in [6.45, 7) is 3.64. The van der Waals surface area contributed by atoms with E-state index in [1.165, 1.54) is 20.2 Å². The van der Waals surface area contributed by atoms with Crippen LogP contribution in [0.25, 0.3) is 0 Å². The minimum absolute atomic E-state index is 0.102. The van der Waals surface area contributed by atoms with Gasteiger partial charge in [0.25, 0.3) is 5.91 Å². The molecular weight excluding hydrogens is 368 g/mol. The smallest absolute Gasteiger partial charge is 0.253 e. The number of hydrogen-bond donors (Lipinski definition) is 0. The van der Waals surface area contributed by atoms with Gasteiger partial charge in [-0.25, -0.2) is 12.7 Å². The molecule has 0 radical (unpaired) electrons. The molecule has 0 unspecified atom stereocenters. The standard InChI is InChI=1S/C15H21BrN2O3S/c1-11-6-8-18(9-7-11)15(19)12-4-5-13(16)14(10-12)22(20,21)17(2)3/h4-5,10-11H,6-9H2,1-3H3. The first-order chi connectivity index (χ1) is 10.2. The zero-order valence-corrected chi connectivity index (χ0v) is 15.4. The van der Waals surface area contributed by atoms with Gasteiger partial charge in [0, 0.05) is 37.2 Å². The van der Waals surface area contributed by atoms with E-state index >= 15 is 0 Å². The monoisotopic (exact) mass is 388 g/mol. The Morgan fingerprint density at radius 2 is 1.86 bits per heavy atom. The summed E-state index contributed by atoms with van der Waals surface area (Å²) in [6.07, 6.45) is 1.98. The number of nitrogens with zero attached hydrogens (tertiary/aromatic N) is 2. The topological polar surface area (TPSA) is 57.7 Å². The summed E-state index contributed by atoms with van der Waals surface area (Å²) in [5, 5.41) is 0. The van der Waals surface area contributed by atoms with Crippen molar-refractivity contribution in [2.75, 3.05) is 27.2 Å². The second-order valence-electron chi connectivity index (χ2n) is 5.91. The number of hydrogen-bond acceptors (Lipinski definition) is 3. The van der Waals surface area contributed by atoms with Crippen molar-refractivity contribution < 1.29 is 13.2 Å². The van der Waals surface area contributed by atoms with Crippen molar-refractivity contribution in [3.05, 3.63) is 28.2 Å². The Morgan fingerprint density at radius 1 is 1.27 bits per heavy atom. The first-order valence-electron chi connectivity index (χ1n) is 7.25. The van der Waals surface area contributed by atoms with Crippen molar-refractivity contribution in [2.24, 2.45) is 5.92 Å². The fourth-order valence-corrected chi connectivity index (χ4v) is 4.27. The Morgan fingerprint density at radius 3 is 2.41 bits per heavy atom. The van der Waals surface area contributed by atoms with Crippen LogP contribution < -0.4 is 0 Å². The summed E-state index contributed by atoms with van der Waals surface area (Å²) in [7, 11) is -0.638. The molecule has 0 aromatic heterocycles. The molecule has 0 N–H and O–H groups in total. The molecule has 122 valence electrons. The van der Waals surface area contributed by atoms with Gasteiger partial charge < -0.3 is 4.90 Å². The molecule has 1 fully saturated rings. The largest absolute Gasteiger partial charge is 0.339 e. The Balaban J connectivity index is 2.32. The molecule has 22 heavy (non-hydrogen) atoms. The first-order valence-corrected chi connectivity index (χ1v) is 9.48. The highest BCUT2D eigenvalue weighted by Gasteiger charge is 2.25. The number of sulfonamides is 1. The average molecular weight is 389 g/mol. The molecule has 1 aliphatic heterocycles. The van der Waals surface area contributed by atoms with Crippen LogP contribution in [-0.2, 0) is 10.0 Å². The molecule has 1 amide bonds. The van der Waals surface area contributed by atoms with E-state index in [4.69, 9.17) is 0 Å². The van der Waals surface area contributed by atoms with Crippen LogP contribution in [0.3, 0.4) is 0 Å². The average Bonchev–Trinajstić information content (AvgIpc) is 2.47. The minimum atomic E-state index is -3.59. The Kier molecular flexibility index (Phi) is 5.29. The zero-order valence-electron chi connectivity index (χ0n) is 13.0. The predicted molar refractivity (Wildman–Crippen MR) is 89.3 cm³/mol. The van der Waals surface area contributed by atoms with Crippen LogP contribution in [0.5, 0.6) is 0 Å². The molecule has 0 spiro atoms. The van der Waals surface area contributed by atoms with Gasteiger partial charge in [-0.2, -0.15) is 0 Å². The molecule has 0 saturated carbocycles. The number of piperidine rings is 1. The summed E-state index contributed by atoms with van der Waals surface area (Å²) in [5.74, 6) is 0.535. The SMILES string of the molecule is CC1CCN(C(=O)c2ccc(Br)c(S(=O)(=O)N(C)C)c2)CC1. The summed E-state index contributed by atoms with van der Waals surface area (Å²) >= 11 is 3.26. The van der Waals surface area contributed by atoms with Crippen LogP contribution in [0.1, 0.15) is 30.1 Å². The second-order valence-corrected chi connectivity index (χ2v) is 8.88. The maximum atomic E-state index is 12.6. The Hall–Kier alpha value is -0.920. The number of carbonyl (C=O) groups is 1. The third-order valence-corrected chi connectivity index (χ3v) is 6.82. The van der Waals surface area contributed by atoms with Gasteiger partial charge in [0.15, 0.2) is 0 Å². The minimum Gasteiger partial charge on any atom is -0.339 e. The lowest BCUT2D eigenvalue weighted by molar-refractivity contribution is 0.0697. The van der Waals surface area contributed by atoms with Gasteiger partial charge in [-0.05, 0) is 52.9 Å².